The van der Waals surface area contributed by atoms with Crippen molar-refractivity contribution < 1.29 is 4.42 Å². The van der Waals surface area contributed by atoms with Crippen molar-refractivity contribution >= 4 is 22.7 Å². The molecule has 0 aliphatic heterocycles. The Hall–Kier alpha value is -1.80. The molecule has 0 spiro atoms. The van der Waals surface area contributed by atoms with Crippen LogP contribution in [-0.2, 0) is 0 Å². The molecule has 2 nitrogen and oxygen atoms in total. The highest BCUT2D eigenvalue weighted by molar-refractivity contribution is 6.30. The van der Waals surface area contributed by atoms with E-state index in [-0.39, 0.29) is 0 Å². The Labute approximate surface area is 110 Å². The van der Waals surface area contributed by atoms with Crippen molar-refractivity contribution in [1.29, 1.82) is 0 Å². The van der Waals surface area contributed by atoms with Gasteiger partial charge >= 0.3 is 0 Å². The third kappa shape index (κ3) is 1.89. The number of nitrogens with zero attached hydrogens (tertiary/aromatic N) is 1. The van der Waals surface area contributed by atoms with Gasteiger partial charge < -0.3 is 4.42 Å². The molecule has 0 N–H and O–H groups in total. The Morgan fingerprint density at radius 2 is 1.94 bits per heavy atom. The number of hydrogen-bond donors (Lipinski definition) is 0. The molecule has 0 aliphatic carbocycles. The van der Waals surface area contributed by atoms with Crippen LogP contribution in [0.2, 0.25) is 5.02 Å². The van der Waals surface area contributed by atoms with E-state index in [0.717, 1.165) is 16.7 Å². The molecule has 1 aromatic heterocycles. The number of aromatic nitrogens is 1. The molecule has 1 radical (unpaired) electrons. The summed E-state index contributed by atoms with van der Waals surface area (Å²) in [5.41, 5.74) is 4.98. The predicted molar refractivity (Wildman–Crippen MR) is 72.8 cm³/mol. The maximum atomic E-state index is 5.81. The fraction of sp³-hybridized carbons (Fsp3) is 0.133. The average molecular weight is 257 g/mol. The number of halogens is 1. The lowest BCUT2D eigenvalue weighted by Crippen LogP contribution is -1.79. The zero-order chi connectivity index (χ0) is 12.7. The summed E-state index contributed by atoms with van der Waals surface area (Å²) in [4.78, 5) is 4.48. The third-order valence-corrected chi connectivity index (χ3v) is 3.26. The van der Waals surface area contributed by atoms with Gasteiger partial charge in [-0.05, 0) is 55.3 Å². The summed E-state index contributed by atoms with van der Waals surface area (Å²) in [7, 11) is 0. The average Bonchev–Trinajstić information content (AvgIpc) is 2.73. The van der Waals surface area contributed by atoms with Gasteiger partial charge in [-0.3, -0.25) is 0 Å². The fourth-order valence-electron chi connectivity index (χ4n) is 1.84. The Bertz CT molecular complexity index is 674. The Morgan fingerprint density at radius 1 is 1.17 bits per heavy atom. The first-order valence-corrected chi connectivity index (χ1v) is 6.07. The van der Waals surface area contributed by atoms with Gasteiger partial charge in [0.15, 0.2) is 5.58 Å². The highest BCUT2D eigenvalue weighted by Gasteiger charge is 2.09. The third-order valence-electron chi connectivity index (χ3n) is 3.03. The lowest BCUT2D eigenvalue weighted by Gasteiger charge is -1.96. The molecule has 0 amide bonds. The van der Waals surface area contributed by atoms with Gasteiger partial charge in [-0.25, -0.2) is 4.98 Å². The van der Waals surface area contributed by atoms with E-state index in [9.17, 15) is 0 Å². The van der Waals surface area contributed by atoms with Gasteiger partial charge in [0, 0.05) is 16.7 Å². The first-order chi connectivity index (χ1) is 8.63. The number of benzene rings is 2. The molecule has 3 heteroatoms. The van der Waals surface area contributed by atoms with Crippen molar-refractivity contribution in [3.8, 4) is 11.5 Å². The largest absolute Gasteiger partial charge is 0.436 e. The molecule has 18 heavy (non-hydrogen) atoms. The minimum absolute atomic E-state index is 0.585. The van der Waals surface area contributed by atoms with Crippen molar-refractivity contribution in [2.24, 2.45) is 0 Å². The highest BCUT2D eigenvalue weighted by Crippen LogP contribution is 2.26. The van der Waals surface area contributed by atoms with E-state index in [1.54, 1.807) is 12.1 Å². The first-order valence-electron chi connectivity index (χ1n) is 5.69. The van der Waals surface area contributed by atoms with Gasteiger partial charge in [0.25, 0.3) is 0 Å². The van der Waals surface area contributed by atoms with Crippen molar-refractivity contribution in [2.75, 3.05) is 0 Å². The molecule has 1 heterocycles. The molecular formula is C15H11ClNO. The van der Waals surface area contributed by atoms with Crippen molar-refractivity contribution in [1.82, 2.24) is 4.98 Å². The second-order valence-electron chi connectivity index (χ2n) is 4.35. The molecule has 2 aromatic carbocycles. The van der Waals surface area contributed by atoms with Crippen LogP contribution in [0.5, 0.6) is 0 Å². The topological polar surface area (TPSA) is 26.0 Å². The summed E-state index contributed by atoms with van der Waals surface area (Å²) in [6, 6.07) is 12.4. The molecule has 0 fully saturated rings. The van der Waals surface area contributed by atoms with Crippen LogP contribution in [0.1, 0.15) is 11.1 Å². The predicted octanol–water partition coefficient (Wildman–Crippen LogP) is 4.57. The minimum Gasteiger partial charge on any atom is -0.436 e. The maximum Gasteiger partial charge on any atom is 0.227 e. The number of aryl methyl sites for hydroxylation is 2. The number of rotatable bonds is 1. The standard InChI is InChI=1S/C15H11ClNO/c1-9-7-13-14(8-10(9)2)18-15(17-13)11-3-5-12(16)6-4-11/h3-5,7-8H,1-2H3. The van der Waals surface area contributed by atoms with Crippen LogP contribution in [0.25, 0.3) is 22.6 Å². The van der Waals surface area contributed by atoms with Gasteiger partial charge in [0.2, 0.25) is 5.89 Å². The second-order valence-corrected chi connectivity index (χ2v) is 4.76. The van der Waals surface area contributed by atoms with Crippen molar-refractivity contribution in [2.45, 2.75) is 13.8 Å². The monoisotopic (exact) mass is 256 g/mol. The zero-order valence-corrected chi connectivity index (χ0v) is 10.9. The van der Waals surface area contributed by atoms with Gasteiger partial charge in [0.05, 0.1) is 0 Å². The van der Waals surface area contributed by atoms with E-state index in [4.69, 9.17) is 16.0 Å². The first kappa shape index (κ1) is 11.3. The van der Waals surface area contributed by atoms with Crippen LogP contribution in [0, 0.1) is 19.9 Å². The van der Waals surface area contributed by atoms with Gasteiger partial charge in [-0.1, -0.05) is 11.6 Å². The summed E-state index contributed by atoms with van der Waals surface area (Å²) in [5.74, 6) is 0.600. The van der Waals surface area contributed by atoms with Gasteiger partial charge in [0.1, 0.15) is 5.52 Å². The fourth-order valence-corrected chi connectivity index (χ4v) is 1.96. The van der Waals surface area contributed by atoms with E-state index in [1.165, 1.54) is 11.1 Å². The zero-order valence-electron chi connectivity index (χ0n) is 10.1. The van der Waals surface area contributed by atoms with E-state index >= 15 is 0 Å². The number of fused-ring (bicyclic) bond motifs is 1. The highest BCUT2D eigenvalue weighted by atomic mass is 35.5. The molecule has 89 valence electrons. The Kier molecular flexibility index (Phi) is 2.60. The lowest BCUT2D eigenvalue weighted by molar-refractivity contribution is 0.619. The molecule has 0 aliphatic rings. The Morgan fingerprint density at radius 3 is 2.67 bits per heavy atom. The van der Waals surface area contributed by atoms with E-state index in [0.29, 0.717) is 10.9 Å². The molecule has 0 saturated carbocycles. The van der Waals surface area contributed by atoms with Crippen LogP contribution in [0.4, 0.5) is 0 Å². The number of oxazole rings is 1. The van der Waals surface area contributed by atoms with Crippen molar-refractivity contribution in [3.63, 3.8) is 0 Å². The maximum absolute atomic E-state index is 5.81. The quantitative estimate of drug-likeness (QED) is 0.638. The van der Waals surface area contributed by atoms with Crippen LogP contribution >= 0.6 is 11.6 Å². The minimum atomic E-state index is 0.585. The molecule has 0 atom stereocenters. The summed E-state index contributed by atoms with van der Waals surface area (Å²) < 4.78 is 5.76. The molecule has 0 bridgehead atoms. The molecule has 3 rings (SSSR count). The van der Waals surface area contributed by atoms with Crippen LogP contribution in [0.15, 0.2) is 34.7 Å². The molecule has 0 saturated heterocycles. The van der Waals surface area contributed by atoms with Gasteiger partial charge in [-0.2, -0.15) is 0 Å². The second kappa shape index (κ2) is 4.14. The van der Waals surface area contributed by atoms with Gasteiger partial charge in [-0.15, -0.1) is 0 Å². The van der Waals surface area contributed by atoms with E-state index in [2.05, 4.69) is 24.9 Å². The van der Waals surface area contributed by atoms with Crippen LogP contribution in [-0.4, -0.2) is 4.98 Å². The van der Waals surface area contributed by atoms with Crippen LogP contribution < -0.4 is 0 Å². The van der Waals surface area contributed by atoms with E-state index < -0.39 is 0 Å². The SMILES string of the molecule is Cc1cc2nc(-c3c[c]c(Cl)cc3)oc2cc1C. The lowest BCUT2D eigenvalue weighted by atomic mass is 10.1. The molecule has 3 aromatic rings. The molecule has 0 unspecified atom stereocenters. The smallest absolute Gasteiger partial charge is 0.227 e. The van der Waals surface area contributed by atoms with Crippen LogP contribution in [0.3, 0.4) is 0 Å². The molecular weight excluding hydrogens is 246 g/mol. The Balaban J connectivity index is 2.16. The summed E-state index contributed by atoms with van der Waals surface area (Å²) in [5, 5.41) is 0.585. The normalized spacial score (nSPS) is 11.1. The summed E-state index contributed by atoms with van der Waals surface area (Å²) in [6.07, 6.45) is 0. The summed E-state index contributed by atoms with van der Waals surface area (Å²) >= 11 is 5.81. The number of hydrogen-bond acceptors (Lipinski definition) is 2. The van der Waals surface area contributed by atoms with Crippen molar-refractivity contribution in [3.05, 3.63) is 52.5 Å². The van der Waals surface area contributed by atoms with E-state index in [1.807, 2.05) is 18.2 Å². The summed E-state index contributed by atoms with van der Waals surface area (Å²) in [6.45, 7) is 4.13.